The van der Waals surface area contributed by atoms with Crippen LogP contribution in [-0.2, 0) is 16.0 Å². The molecule has 6 nitrogen and oxygen atoms in total. The lowest BCUT2D eigenvalue weighted by molar-refractivity contribution is -0.190. The van der Waals surface area contributed by atoms with Crippen molar-refractivity contribution in [1.29, 1.82) is 0 Å². The number of ether oxygens (including phenoxy) is 3. The number of methoxy groups -OCH3 is 1. The maximum atomic E-state index is 13.5. The zero-order valence-corrected chi connectivity index (χ0v) is 17.4. The summed E-state index contributed by atoms with van der Waals surface area (Å²) in [4.78, 5) is 17.7. The molecule has 0 unspecified atom stereocenters. The van der Waals surface area contributed by atoms with Crippen LogP contribution in [0.4, 0.5) is 4.79 Å². The second kappa shape index (κ2) is 7.47. The monoisotopic (exact) mass is 400 g/mol. The molecule has 2 amide bonds. The smallest absolute Gasteiger partial charge is 0.320 e. The molecule has 2 aliphatic carbocycles. The molecule has 2 heterocycles. The van der Waals surface area contributed by atoms with Gasteiger partial charge < -0.3 is 24.0 Å². The van der Waals surface area contributed by atoms with Gasteiger partial charge in [0, 0.05) is 32.5 Å². The Balaban J connectivity index is 1.33. The Morgan fingerprint density at radius 3 is 2.34 bits per heavy atom. The van der Waals surface area contributed by atoms with Gasteiger partial charge in [-0.2, -0.15) is 0 Å². The number of hydrogen-bond acceptors (Lipinski definition) is 4. The zero-order valence-electron chi connectivity index (χ0n) is 17.4. The number of nitrogens with zero attached hydrogens (tertiary/aromatic N) is 2. The van der Waals surface area contributed by atoms with Crippen molar-refractivity contribution in [2.45, 2.75) is 62.8 Å². The fourth-order valence-electron chi connectivity index (χ4n) is 5.47. The molecular weight excluding hydrogens is 368 g/mol. The SMILES string of the molecule is COc1ccc(CN2CC3(CCC4(CC3)OCCO4)N(CC3CCC3)C2=O)cc1. The van der Waals surface area contributed by atoms with E-state index >= 15 is 0 Å². The third kappa shape index (κ3) is 3.50. The average molecular weight is 401 g/mol. The van der Waals surface area contributed by atoms with Crippen LogP contribution in [0.15, 0.2) is 24.3 Å². The lowest BCUT2D eigenvalue weighted by Gasteiger charge is -2.46. The maximum absolute atomic E-state index is 13.5. The first kappa shape index (κ1) is 19.2. The van der Waals surface area contributed by atoms with E-state index in [1.165, 1.54) is 19.3 Å². The van der Waals surface area contributed by atoms with Gasteiger partial charge in [-0.15, -0.1) is 0 Å². The van der Waals surface area contributed by atoms with Crippen LogP contribution in [0.25, 0.3) is 0 Å². The Hall–Kier alpha value is -1.79. The molecule has 0 N–H and O–H groups in total. The minimum Gasteiger partial charge on any atom is -0.497 e. The molecule has 6 heteroatoms. The van der Waals surface area contributed by atoms with Gasteiger partial charge in [-0.3, -0.25) is 0 Å². The molecule has 2 spiro atoms. The van der Waals surface area contributed by atoms with Crippen molar-refractivity contribution < 1.29 is 19.0 Å². The second-order valence-corrected chi connectivity index (χ2v) is 9.23. The van der Waals surface area contributed by atoms with Gasteiger partial charge in [-0.1, -0.05) is 18.6 Å². The zero-order chi connectivity index (χ0) is 19.9. The van der Waals surface area contributed by atoms with E-state index in [2.05, 4.69) is 21.9 Å². The molecule has 1 aromatic carbocycles. The van der Waals surface area contributed by atoms with E-state index < -0.39 is 0 Å². The highest BCUT2D eigenvalue weighted by Gasteiger charge is 2.55. The minimum atomic E-state index is -0.389. The van der Waals surface area contributed by atoms with Crippen molar-refractivity contribution in [3.63, 3.8) is 0 Å². The number of carbonyl (C=O) groups is 1. The summed E-state index contributed by atoms with van der Waals surface area (Å²) in [5.74, 6) is 1.13. The van der Waals surface area contributed by atoms with Gasteiger partial charge in [-0.25, -0.2) is 4.79 Å². The first-order valence-corrected chi connectivity index (χ1v) is 11.1. The van der Waals surface area contributed by atoms with Crippen molar-refractivity contribution in [2.24, 2.45) is 5.92 Å². The van der Waals surface area contributed by atoms with Gasteiger partial charge in [0.25, 0.3) is 0 Å². The summed E-state index contributed by atoms with van der Waals surface area (Å²) >= 11 is 0. The molecule has 2 aliphatic heterocycles. The highest BCUT2D eigenvalue weighted by molar-refractivity contribution is 5.78. The summed E-state index contributed by atoms with van der Waals surface area (Å²) in [5, 5.41) is 0. The van der Waals surface area contributed by atoms with Gasteiger partial charge in [0.2, 0.25) is 0 Å². The minimum absolute atomic E-state index is 0.0697. The van der Waals surface area contributed by atoms with Crippen LogP contribution in [0.3, 0.4) is 0 Å². The topological polar surface area (TPSA) is 51.2 Å². The number of urea groups is 1. The lowest BCUT2D eigenvalue weighted by Crippen LogP contribution is -2.54. The highest BCUT2D eigenvalue weighted by atomic mass is 16.7. The molecule has 4 fully saturated rings. The van der Waals surface area contributed by atoms with E-state index in [9.17, 15) is 4.79 Å². The summed E-state index contributed by atoms with van der Waals surface area (Å²) in [5.41, 5.74) is 1.08. The van der Waals surface area contributed by atoms with Gasteiger partial charge in [0.05, 0.1) is 25.9 Å². The lowest BCUT2D eigenvalue weighted by atomic mass is 9.76. The Bertz CT molecular complexity index is 730. The molecule has 0 bridgehead atoms. The highest BCUT2D eigenvalue weighted by Crippen LogP contribution is 2.47. The van der Waals surface area contributed by atoms with Crippen LogP contribution < -0.4 is 4.74 Å². The quantitative estimate of drug-likeness (QED) is 0.755. The van der Waals surface area contributed by atoms with Gasteiger partial charge in [0.15, 0.2) is 5.79 Å². The summed E-state index contributed by atoms with van der Waals surface area (Å²) in [6, 6.07) is 8.26. The fraction of sp³-hybridized carbons (Fsp3) is 0.696. The normalized spacial score (nSPS) is 25.8. The summed E-state index contributed by atoms with van der Waals surface area (Å²) in [7, 11) is 1.68. The maximum Gasteiger partial charge on any atom is 0.320 e. The summed E-state index contributed by atoms with van der Waals surface area (Å²) < 4.78 is 17.2. The standard InChI is InChI=1S/C23H32N2O4/c1-27-20-7-5-19(6-8-20)15-24-17-22(25(21(24)26)16-18-3-2-4-18)9-11-23(12-10-22)28-13-14-29-23/h5-8,18H,2-4,9-17H2,1H3. The van der Waals surface area contributed by atoms with Crippen LogP contribution >= 0.6 is 0 Å². The van der Waals surface area contributed by atoms with E-state index in [1.54, 1.807) is 7.11 Å². The first-order chi connectivity index (χ1) is 14.1. The van der Waals surface area contributed by atoms with Crippen LogP contribution in [-0.4, -0.2) is 60.6 Å². The van der Waals surface area contributed by atoms with E-state index in [4.69, 9.17) is 14.2 Å². The Morgan fingerprint density at radius 1 is 1.07 bits per heavy atom. The fourth-order valence-corrected chi connectivity index (χ4v) is 5.47. The number of hydrogen-bond donors (Lipinski definition) is 0. The molecule has 158 valence electrons. The number of benzene rings is 1. The molecule has 5 rings (SSSR count). The van der Waals surface area contributed by atoms with E-state index in [-0.39, 0.29) is 17.4 Å². The summed E-state index contributed by atoms with van der Waals surface area (Å²) in [6.07, 6.45) is 7.52. The van der Waals surface area contributed by atoms with Crippen molar-refractivity contribution in [3.8, 4) is 5.75 Å². The average Bonchev–Trinajstić information content (AvgIpc) is 3.26. The number of rotatable bonds is 5. The molecular formula is C23H32N2O4. The molecule has 29 heavy (non-hydrogen) atoms. The second-order valence-electron chi connectivity index (χ2n) is 9.23. The van der Waals surface area contributed by atoms with Crippen molar-refractivity contribution in [2.75, 3.05) is 33.4 Å². The van der Waals surface area contributed by atoms with E-state index in [0.29, 0.717) is 25.7 Å². The van der Waals surface area contributed by atoms with E-state index in [0.717, 1.165) is 50.1 Å². The van der Waals surface area contributed by atoms with Crippen LogP contribution in [0.1, 0.15) is 50.5 Å². The molecule has 4 aliphatic rings. The third-order valence-corrected chi connectivity index (χ3v) is 7.51. The molecule has 2 saturated carbocycles. The molecule has 1 aromatic rings. The molecule has 0 atom stereocenters. The van der Waals surface area contributed by atoms with Crippen molar-refractivity contribution in [1.82, 2.24) is 9.80 Å². The van der Waals surface area contributed by atoms with Crippen molar-refractivity contribution >= 4 is 6.03 Å². The predicted molar refractivity (Wildman–Crippen MR) is 109 cm³/mol. The van der Waals surface area contributed by atoms with Gasteiger partial charge in [0.1, 0.15) is 5.75 Å². The third-order valence-electron chi connectivity index (χ3n) is 7.51. The van der Waals surface area contributed by atoms with Crippen LogP contribution in [0, 0.1) is 5.92 Å². The number of carbonyl (C=O) groups excluding carboxylic acids is 1. The Kier molecular flexibility index (Phi) is 4.95. The van der Waals surface area contributed by atoms with Gasteiger partial charge >= 0.3 is 6.03 Å². The predicted octanol–water partition coefficient (Wildman–Crippen LogP) is 3.79. The molecule has 0 aromatic heterocycles. The van der Waals surface area contributed by atoms with E-state index in [1.807, 2.05) is 12.1 Å². The Morgan fingerprint density at radius 2 is 1.76 bits per heavy atom. The summed E-state index contributed by atoms with van der Waals surface area (Å²) in [6.45, 7) is 3.76. The van der Waals surface area contributed by atoms with Gasteiger partial charge in [-0.05, 0) is 49.3 Å². The largest absolute Gasteiger partial charge is 0.497 e. The first-order valence-electron chi connectivity index (χ1n) is 11.1. The number of amides is 2. The molecule has 2 saturated heterocycles. The van der Waals surface area contributed by atoms with Crippen molar-refractivity contribution in [3.05, 3.63) is 29.8 Å². The molecule has 0 radical (unpaired) electrons. The van der Waals surface area contributed by atoms with Crippen LogP contribution in [0.5, 0.6) is 5.75 Å². The van der Waals surface area contributed by atoms with Crippen LogP contribution in [0.2, 0.25) is 0 Å². The Labute approximate surface area is 173 Å².